The molecule has 0 aromatic heterocycles. The van der Waals surface area contributed by atoms with Crippen LogP contribution in [0.25, 0.3) is 27.3 Å². The second-order valence-electron chi connectivity index (χ2n) is 8.37. The number of carbonyl (C=O) groups excluding carboxylic acids is 1. The van der Waals surface area contributed by atoms with E-state index in [9.17, 15) is 4.79 Å². The van der Waals surface area contributed by atoms with Gasteiger partial charge in [-0.2, -0.15) is 0 Å². The number of nitrogens with one attached hydrogen (secondary N) is 1. The molecule has 6 rings (SSSR count). The van der Waals surface area contributed by atoms with Crippen LogP contribution in [0.1, 0.15) is 15.9 Å². The molecule has 2 radical (unpaired) electrons. The average Bonchev–Trinajstić information content (AvgIpc) is 3.29. The summed E-state index contributed by atoms with van der Waals surface area (Å²) < 4.78 is 0. The monoisotopic (exact) mass is 599 g/mol. The Labute approximate surface area is 260 Å². The van der Waals surface area contributed by atoms with E-state index in [0.29, 0.717) is 5.56 Å². The molecule has 0 aliphatic carbocycles. The number of hydrogen-bond donors (Lipinski definition) is 0. The maximum Gasteiger partial charge on any atom is 4.00 e. The molecule has 6 heteroatoms. The van der Waals surface area contributed by atoms with E-state index in [2.05, 4.69) is 115 Å². The minimum atomic E-state index is -0.622. The molecule has 0 bridgehead atoms. The molecule has 0 aliphatic heterocycles. The number of aryl methyl sites for hydroxylation is 1. The minimum absolute atomic E-state index is 0. The standard InChI is InChI=1S/C13H9.C12H10Si.C8H9NO.2ClH.Ti/c1-3-7-12-10(5-1)9-11-6-2-4-8-13(11)12;1-3-7-11(8-4-1)13-12-9-5-2-6-10-12;1-6-3-2-4-7(5-6)8(9)10;;;/h1-9H;1-10H;2-5H,1H3,(H2,9,10);2*1H;/q-1;;;;;+4/p-3. The summed E-state index contributed by atoms with van der Waals surface area (Å²) >= 11 is 0. The molecule has 0 spiro atoms. The summed E-state index contributed by atoms with van der Waals surface area (Å²) in [5.41, 5.74) is 8.25. The SMILES string of the molecule is Cc1cccc(C([NH-])=O)c1.[Cl-].[Cl-].[Ti+4].c1ccc([Si]c2ccccc2)cc1.c1ccc2c(c1)[cH-]c1ccccc12. The Kier molecular flexibility index (Phi) is 15.3. The van der Waals surface area contributed by atoms with Gasteiger partial charge in [0.05, 0.1) is 5.91 Å². The number of fused-ring (bicyclic) bond motifs is 3. The third-order valence-electron chi connectivity index (χ3n) is 5.64. The van der Waals surface area contributed by atoms with Crippen molar-refractivity contribution < 1.29 is 51.3 Å². The number of rotatable bonds is 3. The van der Waals surface area contributed by atoms with Gasteiger partial charge in [-0.25, -0.2) is 0 Å². The Bertz CT molecular complexity index is 1470. The molecular formula is C33H27Cl2NOSiTi. The van der Waals surface area contributed by atoms with Crippen LogP contribution >= 0.6 is 0 Å². The van der Waals surface area contributed by atoms with Gasteiger partial charge in [0.2, 0.25) is 0 Å². The van der Waals surface area contributed by atoms with Crippen molar-refractivity contribution in [3.63, 3.8) is 0 Å². The Morgan fingerprint density at radius 3 is 1.46 bits per heavy atom. The van der Waals surface area contributed by atoms with Crippen molar-refractivity contribution in [2.75, 3.05) is 0 Å². The minimum Gasteiger partial charge on any atom is -1.00 e. The van der Waals surface area contributed by atoms with E-state index < -0.39 is 5.91 Å². The fourth-order valence-corrected chi connectivity index (χ4v) is 4.95. The number of carbonyl (C=O) groups is 1. The summed E-state index contributed by atoms with van der Waals surface area (Å²) in [6.45, 7) is 1.90. The normalized spacial score (nSPS) is 9.36. The largest absolute Gasteiger partial charge is 4.00 e. The Morgan fingerprint density at radius 1 is 0.615 bits per heavy atom. The zero-order chi connectivity index (χ0) is 25.2. The van der Waals surface area contributed by atoms with E-state index >= 15 is 0 Å². The number of hydrogen-bond acceptors (Lipinski definition) is 1. The first-order valence-corrected chi connectivity index (χ1v) is 12.8. The topological polar surface area (TPSA) is 40.9 Å². The second-order valence-corrected chi connectivity index (χ2v) is 9.78. The fraction of sp³-hybridized carbons (Fsp3) is 0.0303. The molecule has 39 heavy (non-hydrogen) atoms. The van der Waals surface area contributed by atoms with Crippen molar-refractivity contribution in [1.82, 2.24) is 0 Å². The van der Waals surface area contributed by atoms with Gasteiger partial charge in [0.25, 0.3) is 0 Å². The van der Waals surface area contributed by atoms with Gasteiger partial charge >= 0.3 is 21.7 Å². The van der Waals surface area contributed by atoms with E-state index in [-0.39, 0.29) is 46.5 Å². The zero-order valence-electron chi connectivity index (χ0n) is 21.4. The van der Waals surface area contributed by atoms with E-state index in [4.69, 9.17) is 5.73 Å². The molecule has 0 aliphatic rings. The quantitative estimate of drug-likeness (QED) is 0.223. The molecule has 6 aromatic carbocycles. The van der Waals surface area contributed by atoms with Crippen LogP contribution in [0.4, 0.5) is 0 Å². The maximum absolute atomic E-state index is 10.5. The zero-order valence-corrected chi connectivity index (χ0v) is 25.5. The smallest absolute Gasteiger partial charge is 1.00 e. The predicted octanol–water partition coefficient (Wildman–Crippen LogP) is 1.25. The first-order valence-electron chi connectivity index (χ1n) is 11.8. The third-order valence-corrected chi connectivity index (χ3v) is 6.88. The molecule has 6 aromatic rings. The van der Waals surface area contributed by atoms with Crippen LogP contribution < -0.4 is 35.2 Å². The summed E-state index contributed by atoms with van der Waals surface area (Å²) in [7, 11) is 0.777. The number of amides is 1. The first-order chi connectivity index (χ1) is 17.6. The molecule has 0 saturated heterocycles. The van der Waals surface area contributed by atoms with Crippen LogP contribution in [-0.4, -0.2) is 15.4 Å². The Hall–Kier alpha value is -3.05. The maximum atomic E-state index is 10.5. The summed E-state index contributed by atoms with van der Waals surface area (Å²) in [5.74, 6) is -0.622. The number of halogens is 2. The molecule has 0 unspecified atom stereocenters. The van der Waals surface area contributed by atoms with E-state index in [1.165, 1.54) is 31.9 Å². The van der Waals surface area contributed by atoms with Crippen molar-refractivity contribution >= 4 is 47.3 Å². The van der Waals surface area contributed by atoms with Gasteiger partial charge in [-0.05, 0) is 12.5 Å². The molecule has 1 N–H and O–H groups in total. The average molecular weight is 600 g/mol. The van der Waals surface area contributed by atoms with Gasteiger partial charge in [-0.3, -0.25) is 0 Å². The Balaban J connectivity index is 0.000000285. The van der Waals surface area contributed by atoms with Crippen LogP contribution in [0.15, 0.2) is 140 Å². The molecule has 2 nitrogen and oxygen atoms in total. The van der Waals surface area contributed by atoms with Crippen molar-refractivity contribution in [1.29, 1.82) is 0 Å². The van der Waals surface area contributed by atoms with Gasteiger partial charge in [-0.1, -0.05) is 137 Å². The molecule has 1 amide bonds. The van der Waals surface area contributed by atoms with E-state index in [0.717, 1.165) is 15.1 Å². The van der Waals surface area contributed by atoms with Gasteiger partial charge < -0.3 is 35.3 Å². The van der Waals surface area contributed by atoms with Gasteiger partial charge in [0, 0.05) is 0 Å². The fourth-order valence-electron chi connectivity index (χ4n) is 3.90. The van der Waals surface area contributed by atoms with Gasteiger partial charge in [0.15, 0.2) is 0 Å². The van der Waals surface area contributed by atoms with Crippen LogP contribution in [0.2, 0.25) is 0 Å². The predicted molar refractivity (Wildman–Crippen MR) is 155 cm³/mol. The molecule has 0 heterocycles. The van der Waals surface area contributed by atoms with E-state index in [1.807, 2.05) is 13.0 Å². The molecule has 0 fully saturated rings. The van der Waals surface area contributed by atoms with Crippen molar-refractivity contribution in [2.24, 2.45) is 0 Å². The van der Waals surface area contributed by atoms with E-state index in [1.54, 1.807) is 18.2 Å². The molecular weight excluding hydrogens is 573 g/mol. The molecule has 0 saturated carbocycles. The van der Waals surface area contributed by atoms with Crippen LogP contribution in [-0.2, 0) is 21.7 Å². The van der Waals surface area contributed by atoms with Crippen molar-refractivity contribution in [3.8, 4) is 0 Å². The second kappa shape index (κ2) is 17.5. The van der Waals surface area contributed by atoms with Crippen LogP contribution in [0.5, 0.6) is 0 Å². The summed E-state index contributed by atoms with van der Waals surface area (Å²) in [5, 5.41) is 8.19. The summed E-state index contributed by atoms with van der Waals surface area (Å²) in [6.07, 6.45) is 0. The third kappa shape index (κ3) is 10.2. The summed E-state index contributed by atoms with van der Waals surface area (Å²) in [4.78, 5) is 10.5. The van der Waals surface area contributed by atoms with Gasteiger partial charge in [0.1, 0.15) is 9.52 Å². The molecule has 192 valence electrons. The number of benzene rings is 5. The van der Waals surface area contributed by atoms with Crippen LogP contribution in [0, 0.1) is 6.92 Å². The van der Waals surface area contributed by atoms with Crippen LogP contribution in [0.3, 0.4) is 0 Å². The first kappa shape index (κ1) is 34.0. The van der Waals surface area contributed by atoms with Crippen molar-refractivity contribution in [2.45, 2.75) is 6.92 Å². The Morgan fingerprint density at radius 2 is 1.05 bits per heavy atom. The van der Waals surface area contributed by atoms with Crippen molar-refractivity contribution in [3.05, 3.63) is 156 Å². The molecule has 0 atom stereocenters. The van der Waals surface area contributed by atoms with Gasteiger partial charge in [-0.15, -0.1) is 39.7 Å². The summed E-state index contributed by atoms with van der Waals surface area (Å²) in [6, 6.07) is 47.4.